The van der Waals surface area contributed by atoms with Gasteiger partial charge in [0.15, 0.2) is 0 Å². The van der Waals surface area contributed by atoms with Crippen LogP contribution >= 0.6 is 11.6 Å². The van der Waals surface area contributed by atoms with Gasteiger partial charge in [-0.2, -0.15) is 13.2 Å². The van der Waals surface area contributed by atoms with Crippen molar-refractivity contribution < 1.29 is 36.0 Å². The Morgan fingerprint density at radius 3 is 2.06 bits per heavy atom. The van der Waals surface area contributed by atoms with Gasteiger partial charge < -0.3 is 10.6 Å². The molecule has 0 bridgehead atoms. The van der Waals surface area contributed by atoms with E-state index in [4.69, 9.17) is 11.6 Å². The number of sulfonamides is 1. The van der Waals surface area contributed by atoms with Crippen molar-refractivity contribution in [2.45, 2.75) is 12.6 Å². The second-order valence-corrected chi connectivity index (χ2v) is 8.72. The molecule has 0 atom stereocenters. The average molecular weight is 476 g/mol. The number of nitrogens with one attached hydrogen (secondary N) is 2. The summed E-state index contributed by atoms with van der Waals surface area (Å²) in [6.07, 6.45) is -5.18. The van der Waals surface area contributed by atoms with Crippen LogP contribution in [0.15, 0.2) is 42.5 Å². The molecular formula is C18H13ClF3N3O5S. The number of carbonyl (C=O) groups excluding carboxylic acids is 3. The van der Waals surface area contributed by atoms with Gasteiger partial charge in [-0.05, 0) is 42.5 Å². The molecule has 0 saturated carbocycles. The minimum absolute atomic E-state index is 0.00816. The zero-order valence-corrected chi connectivity index (χ0v) is 16.9. The monoisotopic (exact) mass is 475 g/mol. The number of halogens is 4. The smallest absolute Gasteiger partial charge is 0.322 e. The summed E-state index contributed by atoms with van der Waals surface area (Å²) in [6.45, 7) is 0. The molecule has 13 heteroatoms. The van der Waals surface area contributed by atoms with Crippen molar-refractivity contribution in [3.8, 4) is 0 Å². The number of amides is 3. The zero-order chi connectivity index (χ0) is 23.0. The van der Waals surface area contributed by atoms with Gasteiger partial charge in [0.2, 0.25) is 15.9 Å². The first-order chi connectivity index (χ1) is 14.4. The number of nitrogens with zero attached hydrogens (tertiary/aromatic N) is 1. The van der Waals surface area contributed by atoms with E-state index in [1.54, 1.807) is 5.32 Å². The minimum Gasteiger partial charge on any atom is -0.322 e. The number of hydrogen-bond donors (Lipinski definition) is 2. The minimum atomic E-state index is -5.03. The molecular weight excluding hydrogens is 463 g/mol. The van der Waals surface area contributed by atoms with Crippen LogP contribution in [0, 0.1) is 0 Å². The van der Waals surface area contributed by atoms with Crippen LogP contribution in [-0.2, 0) is 19.6 Å². The molecule has 1 aliphatic heterocycles. The van der Waals surface area contributed by atoms with E-state index in [1.807, 2.05) is 0 Å². The number of rotatable bonds is 4. The first kappa shape index (κ1) is 22.6. The molecule has 2 aromatic carbocycles. The summed E-state index contributed by atoms with van der Waals surface area (Å²) in [4.78, 5) is 35.2. The standard InChI is InChI=1S/C18H13ClF3N3O5S/c19-14-9-12(25-15(26)7-8-31(25,29)30)5-6-13(14)16(27)23-10-1-3-11(4-2-10)24-17(28)18(20,21)22/h1-6,9H,7-8H2,(H,23,27)(H,24,28). The summed E-state index contributed by atoms with van der Waals surface area (Å²) < 4.78 is 61.4. The van der Waals surface area contributed by atoms with Gasteiger partial charge in [-0.1, -0.05) is 11.6 Å². The summed E-state index contributed by atoms with van der Waals surface area (Å²) in [5, 5.41) is 4.02. The van der Waals surface area contributed by atoms with Crippen LogP contribution in [-0.4, -0.2) is 38.1 Å². The predicted octanol–water partition coefficient (Wildman–Crippen LogP) is 3.16. The van der Waals surface area contributed by atoms with Crippen LogP contribution in [0.3, 0.4) is 0 Å². The van der Waals surface area contributed by atoms with Crippen molar-refractivity contribution in [3.05, 3.63) is 53.1 Å². The van der Waals surface area contributed by atoms with Crippen LogP contribution in [0.2, 0.25) is 5.02 Å². The Kier molecular flexibility index (Phi) is 5.96. The quantitative estimate of drug-likeness (QED) is 0.705. The van der Waals surface area contributed by atoms with Gasteiger partial charge in [0.05, 0.1) is 22.0 Å². The third-order valence-electron chi connectivity index (χ3n) is 4.17. The van der Waals surface area contributed by atoms with Gasteiger partial charge >= 0.3 is 12.1 Å². The molecule has 1 fully saturated rings. The predicted molar refractivity (Wildman–Crippen MR) is 106 cm³/mol. The highest BCUT2D eigenvalue weighted by molar-refractivity contribution is 7.94. The molecule has 2 N–H and O–H groups in total. The fourth-order valence-corrected chi connectivity index (χ4v) is 4.43. The molecule has 1 aliphatic rings. The molecule has 2 aromatic rings. The molecule has 1 saturated heterocycles. The SMILES string of the molecule is O=C(Nc1ccc(NC(=O)C(F)(F)F)cc1)c1ccc(N2C(=O)CCS2(=O)=O)cc1Cl. The lowest BCUT2D eigenvalue weighted by molar-refractivity contribution is -0.167. The van der Waals surface area contributed by atoms with Crippen LogP contribution in [0.5, 0.6) is 0 Å². The van der Waals surface area contributed by atoms with E-state index in [9.17, 15) is 36.0 Å². The van der Waals surface area contributed by atoms with Crippen LogP contribution in [0.1, 0.15) is 16.8 Å². The molecule has 31 heavy (non-hydrogen) atoms. The van der Waals surface area contributed by atoms with Crippen LogP contribution < -0.4 is 14.9 Å². The van der Waals surface area contributed by atoms with Crippen LogP contribution in [0.25, 0.3) is 0 Å². The van der Waals surface area contributed by atoms with Gasteiger partial charge in [0, 0.05) is 17.8 Å². The average Bonchev–Trinajstić information content (AvgIpc) is 2.94. The maximum Gasteiger partial charge on any atom is 0.471 e. The maximum absolute atomic E-state index is 12.4. The fourth-order valence-electron chi connectivity index (χ4n) is 2.72. The highest BCUT2D eigenvalue weighted by atomic mass is 35.5. The van der Waals surface area contributed by atoms with Crippen LogP contribution in [0.4, 0.5) is 30.2 Å². The van der Waals surface area contributed by atoms with Crippen molar-refractivity contribution in [2.75, 3.05) is 20.7 Å². The largest absolute Gasteiger partial charge is 0.471 e. The number of anilines is 3. The third kappa shape index (κ3) is 4.97. The second-order valence-electron chi connectivity index (χ2n) is 6.37. The molecule has 8 nitrogen and oxygen atoms in total. The number of alkyl halides is 3. The lowest BCUT2D eigenvalue weighted by Gasteiger charge is -2.16. The van der Waals surface area contributed by atoms with Crippen molar-refractivity contribution in [1.82, 2.24) is 0 Å². The first-order valence-electron chi connectivity index (χ1n) is 8.53. The van der Waals surface area contributed by atoms with Gasteiger partial charge in [-0.25, -0.2) is 12.7 Å². The third-order valence-corrected chi connectivity index (χ3v) is 6.17. The number of carbonyl (C=O) groups is 3. The van der Waals surface area contributed by atoms with Gasteiger partial charge in [-0.15, -0.1) is 0 Å². The molecule has 164 valence electrons. The highest BCUT2D eigenvalue weighted by Crippen LogP contribution is 2.30. The second kappa shape index (κ2) is 8.19. The maximum atomic E-state index is 12.4. The summed E-state index contributed by atoms with van der Waals surface area (Å²) in [5.74, 6) is -3.73. The Labute approximate surface area is 179 Å². The normalized spacial score (nSPS) is 15.6. The van der Waals surface area contributed by atoms with E-state index in [0.717, 1.165) is 12.1 Å². The lowest BCUT2D eigenvalue weighted by atomic mass is 10.1. The molecule has 0 radical (unpaired) electrons. The molecule has 0 spiro atoms. The molecule has 0 aromatic heterocycles. The molecule has 3 rings (SSSR count). The van der Waals surface area contributed by atoms with E-state index in [1.165, 1.54) is 30.3 Å². The molecule has 3 amide bonds. The molecule has 1 heterocycles. The Morgan fingerprint density at radius 2 is 1.58 bits per heavy atom. The number of hydrogen-bond acceptors (Lipinski definition) is 5. The summed E-state index contributed by atoms with van der Waals surface area (Å²) in [6, 6.07) is 8.53. The van der Waals surface area contributed by atoms with E-state index in [0.29, 0.717) is 4.31 Å². The first-order valence-corrected chi connectivity index (χ1v) is 10.5. The Bertz CT molecular complexity index is 1170. The van der Waals surface area contributed by atoms with Gasteiger partial charge in [0.1, 0.15) is 0 Å². The van der Waals surface area contributed by atoms with Crippen molar-refractivity contribution >= 4 is 56.4 Å². The summed E-state index contributed by atoms with van der Waals surface area (Å²) in [5.41, 5.74) is 0.0596. The van der Waals surface area contributed by atoms with Gasteiger partial charge in [-0.3, -0.25) is 14.4 Å². The Hall–Kier alpha value is -3.12. The summed E-state index contributed by atoms with van der Waals surface area (Å²) in [7, 11) is -3.79. The van der Waals surface area contributed by atoms with Crippen molar-refractivity contribution in [2.24, 2.45) is 0 Å². The fraction of sp³-hybridized carbons (Fsp3) is 0.167. The summed E-state index contributed by atoms with van der Waals surface area (Å²) >= 11 is 6.09. The molecule has 0 unspecified atom stereocenters. The van der Waals surface area contributed by atoms with Gasteiger partial charge in [0.25, 0.3) is 5.91 Å². The number of benzene rings is 2. The topological polar surface area (TPSA) is 113 Å². The van der Waals surface area contributed by atoms with Crippen molar-refractivity contribution in [3.63, 3.8) is 0 Å². The lowest BCUT2D eigenvalue weighted by Crippen LogP contribution is -2.29. The van der Waals surface area contributed by atoms with E-state index < -0.39 is 33.9 Å². The molecule has 0 aliphatic carbocycles. The zero-order valence-electron chi connectivity index (χ0n) is 15.4. The van der Waals surface area contributed by atoms with E-state index in [-0.39, 0.29) is 39.8 Å². The van der Waals surface area contributed by atoms with E-state index >= 15 is 0 Å². The Morgan fingerprint density at radius 1 is 1.00 bits per heavy atom. The van der Waals surface area contributed by atoms with E-state index in [2.05, 4.69) is 5.32 Å². The highest BCUT2D eigenvalue weighted by Gasteiger charge is 2.38. The van der Waals surface area contributed by atoms with Crippen molar-refractivity contribution in [1.29, 1.82) is 0 Å². The Balaban J connectivity index is 1.72.